The lowest BCUT2D eigenvalue weighted by molar-refractivity contribution is -0.116. The number of amides is 2. The number of rotatable bonds is 6. The van der Waals surface area contributed by atoms with Crippen LogP contribution < -0.4 is 15.4 Å². The van der Waals surface area contributed by atoms with Gasteiger partial charge in [-0.2, -0.15) is 0 Å². The number of aryl methyl sites for hydroxylation is 1. The molecule has 3 aromatic rings. The molecule has 32 heavy (non-hydrogen) atoms. The van der Waals surface area contributed by atoms with E-state index in [0.29, 0.717) is 18.5 Å². The lowest BCUT2D eigenvalue weighted by Gasteiger charge is -2.19. The van der Waals surface area contributed by atoms with Crippen LogP contribution in [-0.2, 0) is 21.2 Å². The highest BCUT2D eigenvalue weighted by atomic mass is 32.2. The van der Waals surface area contributed by atoms with E-state index in [2.05, 4.69) is 15.4 Å². The maximum atomic E-state index is 13.0. The number of fused-ring (bicyclic) bond motifs is 1. The van der Waals surface area contributed by atoms with Gasteiger partial charge in [0.1, 0.15) is 0 Å². The molecule has 0 saturated carbocycles. The quantitative estimate of drug-likeness (QED) is 0.531. The number of para-hydroxylation sites is 1. The summed E-state index contributed by atoms with van der Waals surface area (Å²) in [6.07, 6.45) is 0.785. The second kappa shape index (κ2) is 8.84. The summed E-state index contributed by atoms with van der Waals surface area (Å²) in [4.78, 5) is 24.5. The van der Waals surface area contributed by atoms with Crippen LogP contribution >= 0.6 is 0 Å². The van der Waals surface area contributed by atoms with Crippen molar-refractivity contribution in [1.29, 1.82) is 0 Å². The predicted molar refractivity (Wildman–Crippen MR) is 123 cm³/mol. The van der Waals surface area contributed by atoms with E-state index in [4.69, 9.17) is 0 Å². The Morgan fingerprint density at radius 3 is 2.47 bits per heavy atom. The summed E-state index contributed by atoms with van der Waals surface area (Å²) < 4.78 is 28.6. The van der Waals surface area contributed by atoms with Crippen LogP contribution in [0.4, 0.5) is 11.4 Å². The van der Waals surface area contributed by atoms with Gasteiger partial charge in [-0.15, -0.1) is 0 Å². The summed E-state index contributed by atoms with van der Waals surface area (Å²) in [5.41, 5.74) is 2.74. The van der Waals surface area contributed by atoms with Gasteiger partial charge in [-0.25, -0.2) is 8.42 Å². The summed E-state index contributed by atoms with van der Waals surface area (Å²) in [5, 5.41) is 5.65. The first-order valence-corrected chi connectivity index (χ1v) is 11.7. The summed E-state index contributed by atoms with van der Waals surface area (Å²) in [7, 11) is -3.94. The van der Waals surface area contributed by atoms with E-state index >= 15 is 0 Å². The Labute approximate surface area is 186 Å². The monoisotopic (exact) mass is 449 g/mol. The highest BCUT2D eigenvalue weighted by Gasteiger charge is 2.22. The zero-order chi connectivity index (χ0) is 22.7. The van der Waals surface area contributed by atoms with Crippen molar-refractivity contribution in [2.24, 2.45) is 0 Å². The molecule has 4 rings (SSSR count). The number of anilines is 2. The Kier molecular flexibility index (Phi) is 5.96. The molecule has 0 radical (unpaired) electrons. The highest BCUT2D eigenvalue weighted by molar-refractivity contribution is 7.92. The Morgan fingerprint density at radius 2 is 1.69 bits per heavy atom. The minimum atomic E-state index is -3.94. The van der Waals surface area contributed by atoms with Gasteiger partial charge in [-0.3, -0.25) is 14.3 Å². The van der Waals surface area contributed by atoms with Gasteiger partial charge in [0.2, 0.25) is 5.91 Å². The smallest absolute Gasteiger partial charge is 0.261 e. The molecule has 2 amide bonds. The molecule has 0 spiro atoms. The third kappa shape index (κ3) is 4.65. The first-order valence-electron chi connectivity index (χ1n) is 10.2. The lowest BCUT2D eigenvalue weighted by atomic mass is 10.0. The molecule has 1 heterocycles. The standard InChI is InChI=1S/C24H23N3O4S/c1-16(17-7-3-2-4-8-17)25-24(29)20-9-5-6-10-22(20)27-32(30,31)19-12-13-21-18(15-19)11-14-23(28)26-21/h2-10,12-13,15-16,27H,11,14H2,1H3,(H,25,29)(H,26,28)/t16-/m1/s1. The van der Waals surface area contributed by atoms with Gasteiger partial charge in [0, 0.05) is 12.1 Å². The van der Waals surface area contributed by atoms with E-state index in [9.17, 15) is 18.0 Å². The average molecular weight is 450 g/mol. The molecule has 0 aliphatic carbocycles. The van der Waals surface area contributed by atoms with Gasteiger partial charge in [-0.05, 0) is 54.8 Å². The second-order valence-corrected chi connectivity index (χ2v) is 9.31. The zero-order valence-electron chi connectivity index (χ0n) is 17.5. The Balaban J connectivity index is 1.56. The second-order valence-electron chi connectivity index (χ2n) is 7.62. The molecule has 164 valence electrons. The van der Waals surface area contributed by atoms with Crippen LogP contribution in [0.2, 0.25) is 0 Å². The molecule has 1 aliphatic rings. The fourth-order valence-electron chi connectivity index (χ4n) is 3.60. The minimum absolute atomic E-state index is 0.0697. The number of sulfonamides is 1. The van der Waals surface area contributed by atoms with Crippen LogP contribution in [0.3, 0.4) is 0 Å². The van der Waals surface area contributed by atoms with Crippen LogP contribution in [0.25, 0.3) is 0 Å². The third-order valence-corrected chi connectivity index (χ3v) is 6.71. The van der Waals surface area contributed by atoms with Crippen LogP contribution in [0.1, 0.15) is 40.9 Å². The largest absolute Gasteiger partial charge is 0.345 e. The molecular weight excluding hydrogens is 426 g/mol. The van der Waals surface area contributed by atoms with Gasteiger partial charge < -0.3 is 10.6 Å². The molecular formula is C24H23N3O4S. The summed E-state index contributed by atoms with van der Waals surface area (Å²) >= 11 is 0. The van der Waals surface area contributed by atoms with E-state index in [-0.39, 0.29) is 34.0 Å². The molecule has 0 aromatic heterocycles. The van der Waals surface area contributed by atoms with E-state index in [0.717, 1.165) is 11.1 Å². The summed E-state index contributed by atoms with van der Waals surface area (Å²) in [6, 6.07) is 20.3. The van der Waals surface area contributed by atoms with Crippen LogP contribution in [0, 0.1) is 0 Å². The zero-order valence-corrected chi connectivity index (χ0v) is 18.3. The lowest BCUT2D eigenvalue weighted by Crippen LogP contribution is -2.28. The van der Waals surface area contributed by atoms with Gasteiger partial charge >= 0.3 is 0 Å². The first-order chi connectivity index (χ1) is 15.3. The molecule has 3 N–H and O–H groups in total. The number of nitrogens with one attached hydrogen (secondary N) is 3. The first kappa shape index (κ1) is 21.6. The number of carbonyl (C=O) groups excluding carboxylic acids is 2. The van der Waals surface area contributed by atoms with E-state index in [1.165, 1.54) is 6.07 Å². The molecule has 0 fully saturated rings. The number of hydrogen-bond donors (Lipinski definition) is 3. The fourth-order valence-corrected chi connectivity index (χ4v) is 4.73. The van der Waals surface area contributed by atoms with Gasteiger partial charge in [-0.1, -0.05) is 42.5 Å². The minimum Gasteiger partial charge on any atom is -0.345 e. The molecule has 8 heteroatoms. The Bertz CT molecular complexity index is 1270. The third-order valence-electron chi connectivity index (χ3n) is 5.35. The molecule has 0 unspecified atom stereocenters. The molecule has 1 aliphatic heterocycles. The van der Waals surface area contributed by atoms with Crippen molar-refractivity contribution in [1.82, 2.24) is 5.32 Å². The van der Waals surface area contributed by atoms with E-state index in [1.54, 1.807) is 36.4 Å². The predicted octanol–water partition coefficient (Wildman–Crippen LogP) is 3.86. The maximum absolute atomic E-state index is 13.0. The normalized spacial score (nSPS) is 14.1. The molecule has 3 aromatic carbocycles. The molecule has 0 bridgehead atoms. The van der Waals surface area contributed by atoms with Crippen molar-refractivity contribution in [2.45, 2.75) is 30.7 Å². The van der Waals surface area contributed by atoms with E-state index in [1.807, 2.05) is 37.3 Å². The van der Waals surface area contributed by atoms with Crippen molar-refractivity contribution in [2.75, 3.05) is 10.0 Å². The molecule has 0 saturated heterocycles. The van der Waals surface area contributed by atoms with Crippen LogP contribution in [0.15, 0.2) is 77.7 Å². The van der Waals surface area contributed by atoms with Crippen LogP contribution in [0.5, 0.6) is 0 Å². The van der Waals surface area contributed by atoms with Crippen molar-refractivity contribution in [3.05, 3.63) is 89.5 Å². The van der Waals surface area contributed by atoms with E-state index < -0.39 is 10.0 Å². The highest BCUT2D eigenvalue weighted by Crippen LogP contribution is 2.27. The topological polar surface area (TPSA) is 104 Å². The van der Waals surface area contributed by atoms with Gasteiger partial charge in [0.05, 0.1) is 22.2 Å². The summed E-state index contributed by atoms with van der Waals surface area (Å²) in [5.74, 6) is -0.469. The molecule has 7 nitrogen and oxygen atoms in total. The van der Waals surface area contributed by atoms with Crippen LogP contribution in [-0.4, -0.2) is 20.2 Å². The fraction of sp³-hybridized carbons (Fsp3) is 0.167. The van der Waals surface area contributed by atoms with Crippen molar-refractivity contribution >= 4 is 33.2 Å². The van der Waals surface area contributed by atoms with Crippen molar-refractivity contribution < 1.29 is 18.0 Å². The Morgan fingerprint density at radius 1 is 0.969 bits per heavy atom. The van der Waals surface area contributed by atoms with Crippen molar-refractivity contribution in [3.63, 3.8) is 0 Å². The average Bonchev–Trinajstić information content (AvgIpc) is 2.79. The SMILES string of the molecule is C[C@@H](NC(=O)c1ccccc1NS(=O)(=O)c1ccc2c(c1)CCC(=O)N2)c1ccccc1. The molecule has 1 atom stereocenters. The number of carbonyl (C=O) groups is 2. The summed E-state index contributed by atoms with van der Waals surface area (Å²) in [6.45, 7) is 1.87. The van der Waals surface area contributed by atoms with Gasteiger partial charge in [0.25, 0.3) is 15.9 Å². The van der Waals surface area contributed by atoms with Gasteiger partial charge in [0.15, 0.2) is 0 Å². The maximum Gasteiger partial charge on any atom is 0.261 e. The Hall–Kier alpha value is -3.65. The number of hydrogen-bond acceptors (Lipinski definition) is 4. The van der Waals surface area contributed by atoms with Crippen molar-refractivity contribution in [3.8, 4) is 0 Å². The number of benzene rings is 3.